The van der Waals surface area contributed by atoms with E-state index in [0.29, 0.717) is 25.1 Å². The monoisotopic (exact) mass is 448 g/mol. The summed E-state index contributed by atoms with van der Waals surface area (Å²) in [6, 6.07) is 14.5. The summed E-state index contributed by atoms with van der Waals surface area (Å²) in [4.78, 5) is 14.5. The van der Waals surface area contributed by atoms with Crippen molar-refractivity contribution in [3.8, 4) is 0 Å². The number of amides is 1. The van der Waals surface area contributed by atoms with Gasteiger partial charge in [-0.3, -0.25) is 4.79 Å². The highest BCUT2D eigenvalue weighted by molar-refractivity contribution is 5.94. The van der Waals surface area contributed by atoms with Gasteiger partial charge in [-0.05, 0) is 48.4 Å². The first-order valence-corrected chi connectivity index (χ1v) is 10.1. The Morgan fingerprint density at radius 2 is 1.84 bits per heavy atom. The Kier molecular flexibility index (Phi) is 7.69. The van der Waals surface area contributed by atoms with Crippen LogP contribution in [0, 0.1) is 5.82 Å². The minimum atomic E-state index is -4.42. The second kappa shape index (κ2) is 10.5. The largest absolute Gasteiger partial charge is 0.416 e. The summed E-state index contributed by atoms with van der Waals surface area (Å²) < 4.78 is 60.2. The first kappa shape index (κ1) is 23.5. The van der Waals surface area contributed by atoms with Gasteiger partial charge in [0.2, 0.25) is 0 Å². The quantitative estimate of drug-likeness (QED) is 0.326. The minimum absolute atomic E-state index is 0.0269. The molecule has 1 amide bonds. The lowest BCUT2D eigenvalue weighted by Gasteiger charge is -2.24. The number of nitrogens with zero attached hydrogens (tertiary/aromatic N) is 2. The van der Waals surface area contributed by atoms with E-state index in [-0.39, 0.29) is 18.7 Å². The van der Waals surface area contributed by atoms with Crippen LogP contribution in [-0.2, 0) is 24.0 Å². The van der Waals surface area contributed by atoms with Crippen LogP contribution in [0.15, 0.2) is 66.9 Å². The van der Waals surface area contributed by atoms with Crippen LogP contribution in [0.25, 0.3) is 0 Å². The fourth-order valence-corrected chi connectivity index (χ4v) is 3.44. The van der Waals surface area contributed by atoms with E-state index in [1.54, 1.807) is 42.1 Å². The van der Waals surface area contributed by atoms with E-state index < -0.39 is 23.5 Å². The van der Waals surface area contributed by atoms with E-state index in [4.69, 9.17) is 4.74 Å². The molecule has 0 fully saturated rings. The zero-order chi connectivity index (χ0) is 23.1. The number of alkyl halides is 3. The predicted octanol–water partition coefficient (Wildman–Crippen LogP) is 5.37. The van der Waals surface area contributed by atoms with Crippen molar-refractivity contribution in [2.45, 2.75) is 25.7 Å². The van der Waals surface area contributed by atoms with E-state index in [1.807, 2.05) is 0 Å². The molecular weight excluding hydrogens is 424 g/mol. The lowest BCUT2D eigenvalue weighted by Crippen LogP contribution is -2.33. The number of ether oxygens (including phenoxy) is 1. The Hall–Kier alpha value is -3.13. The third-order valence-corrected chi connectivity index (χ3v) is 5.05. The van der Waals surface area contributed by atoms with Gasteiger partial charge in [-0.1, -0.05) is 24.3 Å². The van der Waals surface area contributed by atoms with E-state index in [2.05, 4.69) is 0 Å². The number of halogens is 4. The Bertz CT molecular complexity index is 1050. The summed E-state index contributed by atoms with van der Waals surface area (Å²) in [6.45, 7) is 1.18. The summed E-state index contributed by atoms with van der Waals surface area (Å²) in [5.74, 6) is -1.06. The molecule has 0 aliphatic heterocycles. The van der Waals surface area contributed by atoms with Crippen molar-refractivity contribution in [3.05, 3.63) is 95.1 Å². The highest BCUT2D eigenvalue weighted by Gasteiger charge is 2.30. The fourth-order valence-electron chi connectivity index (χ4n) is 3.44. The normalized spacial score (nSPS) is 11.5. The van der Waals surface area contributed by atoms with Gasteiger partial charge < -0.3 is 14.2 Å². The van der Waals surface area contributed by atoms with Crippen molar-refractivity contribution in [1.29, 1.82) is 0 Å². The molecule has 0 aliphatic rings. The molecule has 3 aromatic rings. The first-order valence-electron chi connectivity index (χ1n) is 10.1. The molecule has 8 heteroatoms. The molecular formula is C24H24F4N2O2. The van der Waals surface area contributed by atoms with Crippen molar-refractivity contribution in [3.63, 3.8) is 0 Å². The van der Waals surface area contributed by atoms with Gasteiger partial charge in [0.25, 0.3) is 5.91 Å². The predicted molar refractivity (Wildman–Crippen MR) is 113 cm³/mol. The fraction of sp³-hybridized carbons (Fsp3) is 0.292. The smallest absolute Gasteiger partial charge is 0.385 e. The van der Waals surface area contributed by atoms with Gasteiger partial charge in [0.1, 0.15) is 5.82 Å². The van der Waals surface area contributed by atoms with Gasteiger partial charge in [0.05, 0.1) is 17.7 Å². The van der Waals surface area contributed by atoms with E-state index in [1.165, 1.54) is 29.2 Å². The molecule has 170 valence electrons. The van der Waals surface area contributed by atoms with Gasteiger partial charge >= 0.3 is 6.18 Å². The molecule has 0 saturated heterocycles. The maximum atomic E-state index is 14.2. The number of carbonyl (C=O) groups excluding carboxylic acids is 1. The molecule has 1 heterocycles. The van der Waals surface area contributed by atoms with E-state index in [0.717, 1.165) is 17.8 Å². The molecule has 4 nitrogen and oxygen atoms in total. The molecule has 0 saturated carbocycles. The number of carbonyl (C=O) groups is 1. The summed E-state index contributed by atoms with van der Waals surface area (Å²) in [5, 5.41) is 0. The minimum Gasteiger partial charge on any atom is -0.385 e. The summed E-state index contributed by atoms with van der Waals surface area (Å²) in [6.07, 6.45) is -2.11. The lowest BCUT2D eigenvalue weighted by atomic mass is 10.1. The van der Waals surface area contributed by atoms with Crippen LogP contribution in [0.1, 0.15) is 33.6 Å². The van der Waals surface area contributed by atoms with Crippen molar-refractivity contribution >= 4 is 5.91 Å². The highest BCUT2D eigenvalue weighted by atomic mass is 19.4. The third-order valence-electron chi connectivity index (χ3n) is 5.05. The highest BCUT2D eigenvalue weighted by Crippen LogP contribution is 2.29. The summed E-state index contributed by atoms with van der Waals surface area (Å²) in [7, 11) is 1.56. The SMILES string of the molecule is COCCCN(Cc1cccn1Cc1cccc(C(F)(F)F)c1)C(=O)c1ccccc1F. The van der Waals surface area contributed by atoms with Gasteiger partial charge in [-0.2, -0.15) is 13.2 Å². The van der Waals surface area contributed by atoms with E-state index >= 15 is 0 Å². The Morgan fingerprint density at radius 1 is 1.06 bits per heavy atom. The average molecular weight is 448 g/mol. The Labute approximate surface area is 184 Å². The van der Waals surface area contributed by atoms with Crippen molar-refractivity contribution in [1.82, 2.24) is 9.47 Å². The van der Waals surface area contributed by atoms with Gasteiger partial charge in [0, 0.05) is 38.7 Å². The number of hydrogen-bond acceptors (Lipinski definition) is 2. The maximum absolute atomic E-state index is 14.2. The van der Waals surface area contributed by atoms with Gasteiger partial charge in [-0.15, -0.1) is 0 Å². The zero-order valence-corrected chi connectivity index (χ0v) is 17.6. The summed E-state index contributed by atoms with van der Waals surface area (Å²) in [5.41, 5.74) is 0.480. The number of methoxy groups -OCH3 is 1. The second-order valence-corrected chi connectivity index (χ2v) is 7.38. The topological polar surface area (TPSA) is 34.5 Å². The number of benzene rings is 2. The molecule has 0 aliphatic carbocycles. The molecule has 0 spiro atoms. The molecule has 0 unspecified atom stereocenters. The van der Waals surface area contributed by atoms with Crippen LogP contribution in [-0.4, -0.2) is 35.6 Å². The first-order chi connectivity index (χ1) is 15.3. The second-order valence-electron chi connectivity index (χ2n) is 7.38. The Balaban J connectivity index is 1.81. The van der Waals surface area contributed by atoms with Crippen LogP contribution >= 0.6 is 0 Å². The molecule has 1 aromatic heterocycles. The van der Waals surface area contributed by atoms with Crippen LogP contribution in [0.2, 0.25) is 0 Å². The molecule has 0 radical (unpaired) electrons. The van der Waals surface area contributed by atoms with Gasteiger partial charge in [-0.25, -0.2) is 4.39 Å². The Morgan fingerprint density at radius 3 is 2.56 bits per heavy atom. The average Bonchev–Trinajstić information content (AvgIpc) is 3.19. The standard InChI is InChI=1S/C24H24F4N2O2/c1-32-14-6-13-30(23(31)21-10-2-3-11-22(21)25)17-20-9-5-12-29(20)16-18-7-4-8-19(15-18)24(26,27)28/h2-5,7-12,15H,6,13-14,16-17H2,1H3. The van der Waals surface area contributed by atoms with Crippen LogP contribution in [0.5, 0.6) is 0 Å². The van der Waals surface area contributed by atoms with Crippen molar-refractivity contribution < 1.29 is 27.1 Å². The molecule has 0 N–H and O–H groups in total. The van der Waals surface area contributed by atoms with Crippen LogP contribution in [0.3, 0.4) is 0 Å². The number of aromatic nitrogens is 1. The molecule has 3 rings (SSSR count). The van der Waals surface area contributed by atoms with Crippen LogP contribution in [0.4, 0.5) is 17.6 Å². The molecule has 32 heavy (non-hydrogen) atoms. The number of rotatable bonds is 9. The van der Waals surface area contributed by atoms with E-state index in [9.17, 15) is 22.4 Å². The zero-order valence-electron chi connectivity index (χ0n) is 17.6. The van der Waals surface area contributed by atoms with Crippen LogP contribution < -0.4 is 0 Å². The van der Waals surface area contributed by atoms with Gasteiger partial charge in [0.15, 0.2) is 0 Å². The van der Waals surface area contributed by atoms with Crippen molar-refractivity contribution in [2.24, 2.45) is 0 Å². The summed E-state index contributed by atoms with van der Waals surface area (Å²) >= 11 is 0. The molecule has 2 aromatic carbocycles. The lowest BCUT2D eigenvalue weighted by molar-refractivity contribution is -0.137. The number of hydrogen-bond donors (Lipinski definition) is 0. The third kappa shape index (κ3) is 5.97. The molecule has 0 atom stereocenters. The molecule has 0 bridgehead atoms. The maximum Gasteiger partial charge on any atom is 0.416 e. The van der Waals surface area contributed by atoms with Crippen molar-refractivity contribution in [2.75, 3.05) is 20.3 Å².